The molecule has 1 atom stereocenters. The molecular formula is C22H35N3O2. The molecule has 5 heteroatoms. The largest absolute Gasteiger partial charge is 0.443 e. The fraction of sp³-hybridized carbons (Fsp3) is 0.727. The Kier molecular flexibility index (Phi) is 6.09. The number of piperidine rings is 1. The van der Waals surface area contributed by atoms with E-state index in [0.29, 0.717) is 12.0 Å². The summed E-state index contributed by atoms with van der Waals surface area (Å²) in [7, 11) is 0. The van der Waals surface area contributed by atoms with Gasteiger partial charge in [0.2, 0.25) is 0 Å². The Morgan fingerprint density at radius 1 is 1.30 bits per heavy atom. The van der Waals surface area contributed by atoms with Crippen molar-refractivity contribution in [3.05, 3.63) is 23.9 Å². The highest BCUT2D eigenvalue weighted by Crippen LogP contribution is 2.40. The molecule has 0 unspecified atom stereocenters. The molecule has 150 valence electrons. The maximum absolute atomic E-state index is 13.0. The van der Waals surface area contributed by atoms with E-state index in [1.165, 1.54) is 18.4 Å². The third-order valence-corrected chi connectivity index (χ3v) is 5.12. The predicted molar refractivity (Wildman–Crippen MR) is 109 cm³/mol. The minimum Gasteiger partial charge on any atom is -0.443 e. The van der Waals surface area contributed by atoms with Crippen LogP contribution in [0.5, 0.6) is 0 Å². The summed E-state index contributed by atoms with van der Waals surface area (Å²) < 4.78 is 5.72. The topological polar surface area (TPSA) is 45.7 Å². The number of carbonyl (C=O) groups is 1. The number of rotatable bonds is 5. The summed E-state index contributed by atoms with van der Waals surface area (Å²) in [5.74, 6) is 1.42. The number of nitrogens with zero attached hydrogens (tertiary/aromatic N) is 3. The van der Waals surface area contributed by atoms with Gasteiger partial charge in [0.05, 0.1) is 0 Å². The van der Waals surface area contributed by atoms with Gasteiger partial charge in [-0.2, -0.15) is 0 Å². The first-order valence-electron chi connectivity index (χ1n) is 10.5. The first-order valence-corrected chi connectivity index (χ1v) is 10.5. The minimum absolute atomic E-state index is 0.218. The number of anilines is 1. The summed E-state index contributed by atoms with van der Waals surface area (Å²) in [6.45, 7) is 12.5. The van der Waals surface area contributed by atoms with Crippen LogP contribution in [0.2, 0.25) is 0 Å². The standard InChI is InChI=1S/C22H35N3O2/c1-16(2)15-24-14-7-6-10-19(24)18-9-8-13-23-20(18)25(17-11-12-17)21(26)27-22(3,4)5/h8-9,13,16-17,19H,6-7,10-12,14-15H2,1-5H3/t19-/m0/s1. The summed E-state index contributed by atoms with van der Waals surface area (Å²) in [5.41, 5.74) is 0.670. The van der Waals surface area contributed by atoms with E-state index in [0.717, 1.165) is 38.2 Å². The number of aromatic nitrogens is 1. The molecule has 1 saturated heterocycles. The average molecular weight is 374 g/mol. The van der Waals surface area contributed by atoms with E-state index >= 15 is 0 Å². The summed E-state index contributed by atoms with van der Waals surface area (Å²) >= 11 is 0. The molecule has 1 amide bonds. The number of amides is 1. The third kappa shape index (κ3) is 5.22. The van der Waals surface area contributed by atoms with Crippen molar-refractivity contribution in [3.8, 4) is 0 Å². The number of carbonyl (C=O) groups excluding carboxylic acids is 1. The van der Waals surface area contributed by atoms with Gasteiger partial charge in [0.1, 0.15) is 11.4 Å². The molecule has 3 rings (SSSR count). The molecule has 5 nitrogen and oxygen atoms in total. The maximum Gasteiger partial charge on any atom is 0.416 e. The van der Waals surface area contributed by atoms with Gasteiger partial charge >= 0.3 is 6.09 Å². The minimum atomic E-state index is -0.506. The molecule has 1 aliphatic heterocycles. The normalized spacial score (nSPS) is 21.3. The van der Waals surface area contributed by atoms with Crippen LogP contribution in [-0.4, -0.2) is 40.7 Å². The number of likely N-dealkylation sites (tertiary alicyclic amines) is 1. The van der Waals surface area contributed by atoms with E-state index in [-0.39, 0.29) is 12.1 Å². The second-order valence-corrected chi connectivity index (χ2v) is 9.40. The second-order valence-electron chi connectivity index (χ2n) is 9.40. The van der Waals surface area contributed by atoms with Gasteiger partial charge in [-0.25, -0.2) is 9.78 Å². The number of hydrogen-bond acceptors (Lipinski definition) is 4. The molecule has 0 bridgehead atoms. The summed E-state index contributed by atoms with van der Waals surface area (Å²) in [6.07, 6.45) is 7.18. The fourth-order valence-electron chi connectivity index (χ4n) is 3.95. The van der Waals surface area contributed by atoms with Gasteiger partial charge in [-0.1, -0.05) is 26.3 Å². The summed E-state index contributed by atoms with van der Waals surface area (Å²) in [4.78, 5) is 22.1. The zero-order chi connectivity index (χ0) is 19.6. The zero-order valence-corrected chi connectivity index (χ0v) is 17.6. The Morgan fingerprint density at radius 3 is 2.67 bits per heavy atom. The van der Waals surface area contributed by atoms with Crippen molar-refractivity contribution in [1.29, 1.82) is 0 Å². The molecule has 1 aliphatic carbocycles. The fourth-order valence-corrected chi connectivity index (χ4v) is 3.95. The Labute approximate surface area is 164 Å². The molecule has 0 aromatic carbocycles. The molecule has 2 fully saturated rings. The van der Waals surface area contributed by atoms with Crippen molar-refractivity contribution in [2.75, 3.05) is 18.0 Å². The SMILES string of the molecule is CC(C)CN1CCCC[C@H]1c1cccnc1N(C(=O)OC(C)(C)C)C1CC1. The summed E-state index contributed by atoms with van der Waals surface area (Å²) in [6, 6.07) is 4.70. The van der Waals surface area contributed by atoms with Gasteiger partial charge in [0.15, 0.2) is 0 Å². The van der Waals surface area contributed by atoms with Crippen LogP contribution in [0.3, 0.4) is 0 Å². The van der Waals surface area contributed by atoms with Crippen molar-refractivity contribution in [2.24, 2.45) is 5.92 Å². The second kappa shape index (κ2) is 8.17. The van der Waals surface area contributed by atoms with Crippen molar-refractivity contribution in [1.82, 2.24) is 9.88 Å². The highest BCUT2D eigenvalue weighted by molar-refractivity contribution is 5.89. The van der Waals surface area contributed by atoms with E-state index in [2.05, 4.69) is 29.8 Å². The quantitative estimate of drug-likeness (QED) is 0.714. The van der Waals surface area contributed by atoms with Crippen LogP contribution in [0, 0.1) is 5.92 Å². The van der Waals surface area contributed by atoms with E-state index in [4.69, 9.17) is 4.74 Å². The average Bonchev–Trinajstić information content (AvgIpc) is 3.39. The molecule has 2 heterocycles. The van der Waals surface area contributed by atoms with Crippen molar-refractivity contribution >= 4 is 11.9 Å². The highest BCUT2D eigenvalue weighted by Gasteiger charge is 2.39. The van der Waals surface area contributed by atoms with Crippen molar-refractivity contribution in [2.45, 2.75) is 84.4 Å². The lowest BCUT2D eigenvalue weighted by molar-refractivity contribution is 0.0575. The molecule has 0 spiro atoms. The first kappa shape index (κ1) is 20.1. The van der Waals surface area contributed by atoms with Crippen molar-refractivity contribution in [3.63, 3.8) is 0 Å². The lowest BCUT2D eigenvalue weighted by Gasteiger charge is -2.38. The van der Waals surface area contributed by atoms with Gasteiger partial charge in [0.25, 0.3) is 0 Å². The van der Waals surface area contributed by atoms with Gasteiger partial charge in [-0.05, 0) is 65.0 Å². The number of hydrogen-bond donors (Lipinski definition) is 0. The van der Waals surface area contributed by atoms with E-state index in [1.807, 2.05) is 31.7 Å². The summed E-state index contributed by atoms with van der Waals surface area (Å²) in [5, 5.41) is 0. The van der Waals surface area contributed by atoms with Crippen molar-refractivity contribution < 1.29 is 9.53 Å². The lowest BCUT2D eigenvalue weighted by atomic mass is 9.94. The van der Waals surface area contributed by atoms with Gasteiger partial charge in [0, 0.05) is 30.4 Å². The van der Waals surface area contributed by atoms with Gasteiger partial charge in [-0.3, -0.25) is 9.80 Å². The maximum atomic E-state index is 13.0. The zero-order valence-electron chi connectivity index (χ0n) is 17.6. The molecule has 2 aliphatic rings. The molecule has 0 radical (unpaired) electrons. The Hall–Kier alpha value is -1.62. The van der Waals surface area contributed by atoms with Gasteiger partial charge < -0.3 is 4.74 Å². The third-order valence-electron chi connectivity index (χ3n) is 5.12. The van der Waals surface area contributed by atoms with Gasteiger partial charge in [-0.15, -0.1) is 0 Å². The van der Waals surface area contributed by atoms with Crippen LogP contribution in [0.4, 0.5) is 10.6 Å². The highest BCUT2D eigenvalue weighted by atomic mass is 16.6. The van der Waals surface area contributed by atoms with Crippen LogP contribution in [0.25, 0.3) is 0 Å². The molecular weight excluding hydrogens is 338 g/mol. The lowest BCUT2D eigenvalue weighted by Crippen LogP contribution is -2.41. The first-order chi connectivity index (χ1) is 12.8. The molecule has 1 saturated carbocycles. The van der Waals surface area contributed by atoms with E-state index < -0.39 is 5.60 Å². The number of ether oxygens (including phenoxy) is 1. The number of pyridine rings is 1. The smallest absolute Gasteiger partial charge is 0.416 e. The molecule has 27 heavy (non-hydrogen) atoms. The molecule has 1 aromatic rings. The Morgan fingerprint density at radius 2 is 2.04 bits per heavy atom. The van der Waals surface area contributed by atoms with Crippen LogP contribution in [0.1, 0.15) is 78.3 Å². The molecule has 0 N–H and O–H groups in total. The monoisotopic (exact) mass is 373 g/mol. The van der Waals surface area contributed by atoms with Crippen LogP contribution >= 0.6 is 0 Å². The molecule has 1 aromatic heterocycles. The van der Waals surface area contributed by atoms with E-state index in [9.17, 15) is 4.79 Å². The Bertz CT molecular complexity index is 649. The van der Waals surface area contributed by atoms with E-state index in [1.54, 1.807) is 6.20 Å². The van der Waals surface area contributed by atoms with Crippen LogP contribution in [-0.2, 0) is 4.74 Å². The predicted octanol–water partition coefficient (Wildman–Crippen LogP) is 5.17. The van der Waals surface area contributed by atoms with Crippen LogP contribution < -0.4 is 4.90 Å². The Balaban J connectivity index is 1.92. The van der Waals surface area contributed by atoms with Crippen LogP contribution in [0.15, 0.2) is 18.3 Å².